The van der Waals surface area contributed by atoms with Gasteiger partial charge in [-0.25, -0.2) is 13.8 Å². The number of nitrogens with zero attached hydrogens (tertiary/aromatic N) is 1. The number of piperidine rings is 1. The maximum Gasteiger partial charge on any atom is 0.263 e. The molecule has 3 atom stereocenters. The Bertz CT molecular complexity index is 1260. The van der Waals surface area contributed by atoms with E-state index in [0.29, 0.717) is 28.2 Å². The number of benzene rings is 1. The lowest BCUT2D eigenvalue weighted by Gasteiger charge is -2.32. The molecule has 0 spiro atoms. The number of nitrogens with one attached hydrogen (secondary N) is 2. The summed E-state index contributed by atoms with van der Waals surface area (Å²) in [6.45, 7) is 1.97. The summed E-state index contributed by atoms with van der Waals surface area (Å²) >= 11 is 2.69. The van der Waals surface area contributed by atoms with Crippen molar-refractivity contribution in [2.45, 2.75) is 63.1 Å². The molecule has 4 N–H and O–H groups in total. The van der Waals surface area contributed by atoms with E-state index in [9.17, 15) is 4.79 Å². The minimum atomic E-state index is -0.478. The number of anilines is 1. The smallest absolute Gasteiger partial charge is 0.263 e. The minimum Gasteiger partial charge on any atom is -0.488 e. The Labute approximate surface area is 197 Å². The van der Waals surface area contributed by atoms with E-state index in [0.717, 1.165) is 40.2 Å². The molecule has 0 aliphatic carbocycles. The van der Waals surface area contributed by atoms with Gasteiger partial charge >= 0.3 is 0 Å². The van der Waals surface area contributed by atoms with Crippen LogP contribution in [0, 0.1) is 18.6 Å². The third-order valence-corrected chi connectivity index (χ3v) is 9.25. The lowest BCUT2D eigenvalue weighted by molar-refractivity contribution is 0.0918. The van der Waals surface area contributed by atoms with Gasteiger partial charge < -0.3 is 21.1 Å². The highest BCUT2D eigenvalue weighted by atomic mass is 32.1. The number of aromatic nitrogens is 1. The number of thiazole rings is 1. The van der Waals surface area contributed by atoms with Gasteiger partial charge in [0.2, 0.25) is 0 Å². The van der Waals surface area contributed by atoms with Gasteiger partial charge in [-0.3, -0.25) is 4.79 Å². The van der Waals surface area contributed by atoms with E-state index in [2.05, 4.69) is 15.6 Å². The Morgan fingerprint density at radius 3 is 2.76 bits per heavy atom. The average Bonchev–Trinajstić information content (AvgIpc) is 3.43. The van der Waals surface area contributed by atoms with Crippen LogP contribution in [0.4, 0.5) is 14.5 Å². The van der Waals surface area contributed by atoms with E-state index in [-0.39, 0.29) is 36.2 Å². The van der Waals surface area contributed by atoms with Crippen LogP contribution in [0.5, 0.6) is 5.75 Å². The molecule has 5 heterocycles. The number of hydrogen-bond donors (Lipinski definition) is 3. The summed E-state index contributed by atoms with van der Waals surface area (Å²) in [6, 6.07) is 1.63. The van der Waals surface area contributed by atoms with Crippen LogP contribution in [0.1, 0.15) is 57.4 Å². The second kappa shape index (κ2) is 7.89. The first-order chi connectivity index (χ1) is 15.9. The molecule has 2 fully saturated rings. The molecule has 3 aliphatic heterocycles. The average molecular weight is 491 g/mol. The highest BCUT2D eigenvalue weighted by molar-refractivity contribution is 7.29. The second-order valence-corrected chi connectivity index (χ2v) is 11.5. The van der Waals surface area contributed by atoms with Crippen molar-refractivity contribution in [1.82, 2.24) is 15.6 Å². The summed E-state index contributed by atoms with van der Waals surface area (Å²) < 4.78 is 37.0. The van der Waals surface area contributed by atoms with Crippen molar-refractivity contribution in [2.75, 3.05) is 12.3 Å². The quantitative estimate of drug-likeness (QED) is 0.511. The highest BCUT2D eigenvalue weighted by Gasteiger charge is 2.37. The van der Waals surface area contributed by atoms with Gasteiger partial charge in [-0.1, -0.05) is 0 Å². The van der Waals surface area contributed by atoms with Crippen LogP contribution >= 0.6 is 22.7 Å². The predicted molar refractivity (Wildman–Crippen MR) is 125 cm³/mol. The zero-order valence-electron chi connectivity index (χ0n) is 18.0. The first-order valence-corrected chi connectivity index (χ1v) is 12.9. The fourth-order valence-electron chi connectivity index (χ4n) is 5.51. The Hall–Kier alpha value is -2.30. The maximum absolute atomic E-state index is 15.4. The Morgan fingerprint density at radius 2 is 2.03 bits per heavy atom. The first-order valence-electron chi connectivity index (χ1n) is 11.2. The SMILES string of the molecule is Cc1nc2sc(C(=O)N[C@H]3COc4c(F)c(C5CC6CCC(C5)N6)cc(F)c4C3)c(N)c2s1. The van der Waals surface area contributed by atoms with Gasteiger partial charge in [0.05, 0.1) is 21.4 Å². The van der Waals surface area contributed by atoms with Crippen molar-refractivity contribution in [1.29, 1.82) is 0 Å². The molecular weight excluding hydrogens is 466 g/mol. The van der Waals surface area contributed by atoms with E-state index in [1.54, 1.807) is 0 Å². The van der Waals surface area contributed by atoms with Crippen molar-refractivity contribution < 1.29 is 18.3 Å². The molecule has 2 saturated heterocycles. The molecule has 2 unspecified atom stereocenters. The normalized spacial score (nSPS) is 26.3. The number of nitrogen functional groups attached to an aromatic ring is 1. The number of thiophene rings is 1. The third kappa shape index (κ3) is 3.59. The Balaban J connectivity index is 1.21. The Kier molecular flexibility index (Phi) is 5.08. The van der Waals surface area contributed by atoms with Gasteiger partial charge in [0.1, 0.15) is 22.1 Å². The van der Waals surface area contributed by atoms with Crippen LogP contribution in [-0.2, 0) is 6.42 Å². The van der Waals surface area contributed by atoms with E-state index < -0.39 is 17.7 Å². The number of halogens is 2. The molecular formula is C23H24F2N4O2S2. The van der Waals surface area contributed by atoms with Gasteiger partial charge in [0.15, 0.2) is 11.6 Å². The molecule has 1 aromatic carbocycles. The number of hydrogen-bond acceptors (Lipinski definition) is 7. The number of fused-ring (bicyclic) bond motifs is 4. The van der Waals surface area contributed by atoms with Crippen molar-refractivity contribution in [2.24, 2.45) is 0 Å². The first kappa shape index (κ1) is 21.2. The van der Waals surface area contributed by atoms with Crippen molar-refractivity contribution in [3.8, 4) is 5.75 Å². The summed E-state index contributed by atoms with van der Waals surface area (Å²) in [6.07, 6.45) is 3.99. The van der Waals surface area contributed by atoms with Gasteiger partial charge in [-0.15, -0.1) is 22.7 Å². The minimum absolute atomic E-state index is 0.00232. The Morgan fingerprint density at radius 1 is 1.27 bits per heavy atom. The molecule has 6 rings (SSSR count). The zero-order valence-corrected chi connectivity index (χ0v) is 19.7. The summed E-state index contributed by atoms with van der Waals surface area (Å²) in [5.41, 5.74) is 7.18. The zero-order chi connectivity index (χ0) is 22.9. The molecule has 2 bridgehead atoms. The molecule has 6 nitrogen and oxygen atoms in total. The lowest BCUT2D eigenvalue weighted by Crippen LogP contribution is -2.43. The van der Waals surface area contributed by atoms with Gasteiger partial charge in [0.25, 0.3) is 5.91 Å². The molecule has 1 amide bonds. The molecule has 0 saturated carbocycles. The van der Waals surface area contributed by atoms with E-state index in [1.807, 2.05) is 6.92 Å². The highest BCUT2D eigenvalue weighted by Crippen LogP contribution is 2.42. The number of nitrogens with two attached hydrogens (primary N) is 1. The fraction of sp³-hybridized carbons (Fsp3) is 0.478. The topological polar surface area (TPSA) is 89.3 Å². The van der Waals surface area contributed by atoms with E-state index in [1.165, 1.54) is 28.7 Å². The maximum atomic E-state index is 15.4. The lowest BCUT2D eigenvalue weighted by atomic mass is 9.84. The second-order valence-electron chi connectivity index (χ2n) is 9.27. The van der Waals surface area contributed by atoms with Crippen LogP contribution < -0.4 is 21.1 Å². The molecule has 10 heteroatoms. The van der Waals surface area contributed by atoms with Crippen molar-refractivity contribution >= 4 is 43.8 Å². The summed E-state index contributed by atoms with van der Waals surface area (Å²) in [4.78, 5) is 18.4. The van der Waals surface area contributed by atoms with Crippen LogP contribution in [-0.4, -0.2) is 35.6 Å². The van der Waals surface area contributed by atoms with Gasteiger partial charge in [0, 0.05) is 24.1 Å². The molecule has 0 radical (unpaired) electrons. The molecule has 3 aromatic rings. The summed E-state index contributed by atoms with van der Waals surface area (Å²) in [7, 11) is 0. The van der Waals surface area contributed by atoms with E-state index >= 15 is 8.78 Å². The molecule has 33 heavy (non-hydrogen) atoms. The van der Waals surface area contributed by atoms with Crippen LogP contribution in [0.15, 0.2) is 6.07 Å². The van der Waals surface area contributed by atoms with Crippen molar-refractivity contribution in [3.63, 3.8) is 0 Å². The number of ether oxygens (including phenoxy) is 1. The van der Waals surface area contributed by atoms with Crippen LogP contribution in [0.25, 0.3) is 9.53 Å². The largest absolute Gasteiger partial charge is 0.488 e. The number of carbonyl (C=O) groups excluding carboxylic acids is 1. The van der Waals surface area contributed by atoms with Crippen LogP contribution in [0.2, 0.25) is 0 Å². The predicted octanol–water partition coefficient (Wildman–Crippen LogP) is 4.26. The van der Waals surface area contributed by atoms with Crippen LogP contribution in [0.3, 0.4) is 0 Å². The standard InChI is InChI=1S/C23H24F2N4O2S2/c1-9-27-23-21(32-9)18(26)20(33-23)22(30)29-13-6-15-16(24)7-14(17(25)19(15)31-8-13)10-4-11-2-3-12(5-10)28-11/h7,10-13,28H,2-6,8,26H2,1H3,(H,29,30)/t10?,11?,12?,13-/m1/s1. The monoisotopic (exact) mass is 490 g/mol. The number of rotatable bonds is 3. The molecule has 3 aliphatic rings. The summed E-state index contributed by atoms with van der Waals surface area (Å²) in [5, 5.41) is 7.30. The number of aryl methyl sites for hydroxylation is 1. The number of carbonyl (C=O) groups is 1. The fourth-order valence-corrected chi connectivity index (χ4v) is 7.60. The molecule has 2 aromatic heterocycles. The van der Waals surface area contributed by atoms with Gasteiger partial charge in [-0.05, 0) is 50.2 Å². The van der Waals surface area contributed by atoms with Gasteiger partial charge in [-0.2, -0.15) is 0 Å². The van der Waals surface area contributed by atoms with Crippen molar-refractivity contribution in [3.05, 3.63) is 38.7 Å². The summed E-state index contributed by atoms with van der Waals surface area (Å²) in [5.74, 6) is -1.27. The van der Waals surface area contributed by atoms with E-state index in [4.69, 9.17) is 10.5 Å². The third-order valence-electron chi connectivity index (χ3n) is 7.02. The molecule has 174 valence electrons. The number of amides is 1.